The van der Waals surface area contributed by atoms with Gasteiger partial charge in [0, 0.05) is 0 Å². The van der Waals surface area contributed by atoms with Gasteiger partial charge in [-0.3, -0.25) is 15.1 Å². The topological polar surface area (TPSA) is 67.8 Å². The predicted octanol–water partition coefficient (Wildman–Crippen LogP) is 4.40. The molecule has 0 saturated heterocycles. The Kier molecular flexibility index (Phi) is 7.89. The second-order valence-corrected chi connectivity index (χ2v) is 6.50. The first kappa shape index (κ1) is 20.5. The maximum absolute atomic E-state index is 10.8. The quantitative estimate of drug-likeness (QED) is 0.480. The summed E-state index contributed by atoms with van der Waals surface area (Å²) in [6.45, 7) is 7.00. The van der Waals surface area contributed by atoms with Gasteiger partial charge in [-0.05, 0) is 41.7 Å². The largest absolute Gasteiger partial charge is 0.491 e. The molecule has 0 aromatic heterocycles. The fourth-order valence-corrected chi connectivity index (χ4v) is 2.58. The van der Waals surface area contributed by atoms with Crippen LogP contribution in [0.25, 0.3) is 5.70 Å². The zero-order valence-corrected chi connectivity index (χ0v) is 16.1. The number of hydrogen-bond acceptors (Lipinski definition) is 4. The minimum atomic E-state index is -0.861. The van der Waals surface area contributed by atoms with E-state index in [4.69, 9.17) is 14.7 Å². The summed E-state index contributed by atoms with van der Waals surface area (Å²) in [5.41, 5.74) is 6.93. The third-order valence-corrected chi connectivity index (χ3v) is 4.07. The molecule has 0 unspecified atom stereocenters. The number of allylic oxidation sites excluding steroid dienone is 1. The van der Waals surface area contributed by atoms with Crippen molar-refractivity contribution in [3.8, 4) is 5.75 Å². The highest BCUT2D eigenvalue weighted by atomic mass is 16.7. The Labute approximate surface area is 160 Å². The Morgan fingerprint density at radius 1 is 1.15 bits per heavy atom. The van der Waals surface area contributed by atoms with Gasteiger partial charge >= 0.3 is 5.97 Å². The van der Waals surface area contributed by atoms with Crippen LogP contribution in [0.4, 0.5) is 0 Å². The molecule has 0 radical (unpaired) electrons. The first-order valence-corrected chi connectivity index (χ1v) is 9.07. The van der Waals surface area contributed by atoms with Gasteiger partial charge in [0.25, 0.3) is 0 Å². The molecule has 0 atom stereocenters. The van der Waals surface area contributed by atoms with Crippen LogP contribution in [-0.2, 0) is 16.1 Å². The Hall–Kier alpha value is -2.79. The maximum Gasteiger partial charge on any atom is 0.307 e. The molecule has 27 heavy (non-hydrogen) atoms. The number of carboxylic acids is 1. The number of rotatable bonds is 10. The highest BCUT2D eigenvalue weighted by Crippen LogP contribution is 2.18. The van der Waals surface area contributed by atoms with E-state index in [1.165, 1.54) is 5.56 Å². The minimum absolute atomic E-state index is 0.0183. The van der Waals surface area contributed by atoms with Crippen LogP contribution in [0.2, 0.25) is 0 Å². The van der Waals surface area contributed by atoms with Crippen molar-refractivity contribution in [2.75, 3.05) is 13.2 Å². The van der Waals surface area contributed by atoms with Crippen molar-refractivity contribution in [3.63, 3.8) is 0 Å². The molecule has 2 aromatic carbocycles. The number of carbonyl (C=O) groups is 1. The third-order valence-electron chi connectivity index (χ3n) is 4.07. The van der Waals surface area contributed by atoms with Crippen LogP contribution < -0.4 is 10.2 Å². The number of benzene rings is 2. The van der Waals surface area contributed by atoms with Gasteiger partial charge in [0.15, 0.2) is 0 Å². The number of hydrogen-bond donors (Lipinski definition) is 2. The summed E-state index contributed by atoms with van der Waals surface area (Å²) in [6.07, 6.45) is 1.94. The van der Waals surface area contributed by atoms with E-state index < -0.39 is 5.97 Å². The van der Waals surface area contributed by atoms with Gasteiger partial charge < -0.3 is 9.84 Å². The summed E-state index contributed by atoms with van der Waals surface area (Å²) < 4.78 is 5.61. The molecule has 2 N–H and O–H groups in total. The summed E-state index contributed by atoms with van der Waals surface area (Å²) in [5, 5.41) is 8.84. The molecular weight excluding hydrogens is 342 g/mol. The lowest BCUT2D eigenvalue weighted by atomic mass is 10.0. The van der Waals surface area contributed by atoms with E-state index >= 15 is 0 Å². The van der Waals surface area contributed by atoms with E-state index in [2.05, 4.69) is 43.6 Å². The number of aliphatic carboxylic acids is 1. The molecule has 5 nitrogen and oxygen atoms in total. The van der Waals surface area contributed by atoms with Crippen molar-refractivity contribution in [2.45, 2.75) is 33.1 Å². The van der Waals surface area contributed by atoms with Gasteiger partial charge in [0.2, 0.25) is 0 Å². The van der Waals surface area contributed by atoms with E-state index in [0.29, 0.717) is 30.4 Å². The number of nitrogens with one attached hydrogen (secondary N) is 1. The lowest BCUT2D eigenvalue weighted by molar-refractivity contribution is -0.136. The maximum atomic E-state index is 10.8. The van der Waals surface area contributed by atoms with Crippen molar-refractivity contribution >= 4 is 11.7 Å². The molecule has 2 aromatic rings. The summed E-state index contributed by atoms with van der Waals surface area (Å²) in [4.78, 5) is 16.3. The normalized spacial score (nSPS) is 11.5. The molecule has 0 bridgehead atoms. The van der Waals surface area contributed by atoms with Crippen molar-refractivity contribution in [1.82, 2.24) is 5.48 Å². The second kappa shape index (κ2) is 10.4. The Balaban J connectivity index is 1.77. The number of carboxylic acid groups (broad SMARTS) is 1. The number of hydroxylamine groups is 1. The van der Waals surface area contributed by atoms with Gasteiger partial charge in [-0.25, -0.2) is 0 Å². The van der Waals surface area contributed by atoms with Gasteiger partial charge in [-0.15, -0.1) is 0 Å². The van der Waals surface area contributed by atoms with Crippen LogP contribution in [0.5, 0.6) is 5.75 Å². The van der Waals surface area contributed by atoms with Crippen LogP contribution in [0.15, 0.2) is 54.6 Å². The molecule has 0 saturated carbocycles. The summed E-state index contributed by atoms with van der Waals surface area (Å²) in [6, 6.07) is 15.5. The minimum Gasteiger partial charge on any atom is -0.491 e. The molecule has 2 rings (SSSR count). The number of ether oxygens (including phenoxy) is 1. The zero-order chi connectivity index (χ0) is 19.6. The standard InChI is InChI=1S/C22H27NO4/c1-4-21(19-10-8-18(9-11-19)16(2)3)23-27-13-12-26-20-7-5-6-17(14-20)15-22(24)25/h4-11,14,16,23H,12-13,15H2,1-3H3,(H,24,25). The lowest BCUT2D eigenvalue weighted by Crippen LogP contribution is -2.17. The van der Waals surface area contributed by atoms with Crippen molar-refractivity contribution in [2.24, 2.45) is 0 Å². The van der Waals surface area contributed by atoms with Crippen LogP contribution in [0, 0.1) is 0 Å². The van der Waals surface area contributed by atoms with E-state index in [0.717, 1.165) is 11.3 Å². The molecule has 0 fully saturated rings. The Morgan fingerprint density at radius 3 is 2.52 bits per heavy atom. The fraction of sp³-hybridized carbons (Fsp3) is 0.318. The fourth-order valence-electron chi connectivity index (χ4n) is 2.58. The smallest absolute Gasteiger partial charge is 0.307 e. The van der Waals surface area contributed by atoms with E-state index in [9.17, 15) is 4.79 Å². The van der Waals surface area contributed by atoms with Crippen molar-refractivity contribution in [3.05, 3.63) is 71.3 Å². The molecule has 0 aliphatic heterocycles. The zero-order valence-electron chi connectivity index (χ0n) is 16.1. The Morgan fingerprint density at radius 2 is 1.89 bits per heavy atom. The third kappa shape index (κ3) is 6.79. The highest BCUT2D eigenvalue weighted by Gasteiger charge is 2.04. The first-order valence-electron chi connectivity index (χ1n) is 9.07. The van der Waals surface area contributed by atoms with Gasteiger partial charge in [0.05, 0.1) is 12.1 Å². The summed E-state index contributed by atoms with van der Waals surface area (Å²) in [5.74, 6) is 0.274. The molecule has 0 spiro atoms. The van der Waals surface area contributed by atoms with E-state index in [1.54, 1.807) is 24.3 Å². The molecule has 0 amide bonds. The monoisotopic (exact) mass is 369 g/mol. The van der Waals surface area contributed by atoms with Crippen LogP contribution in [0.1, 0.15) is 43.4 Å². The first-order chi connectivity index (χ1) is 13.0. The summed E-state index contributed by atoms with van der Waals surface area (Å²) in [7, 11) is 0. The summed E-state index contributed by atoms with van der Waals surface area (Å²) >= 11 is 0. The molecule has 0 aliphatic rings. The molecule has 0 heterocycles. The molecule has 5 heteroatoms. The van der Waals surface area contributed by atoms with Gasteiger partial charge in [-0.2, -0.15) is 0 Å². The molecular formula is C22H27NO4. The highest BCUT2D eigenvalue weighted by molar-refractivity contribution is 5.70. The average molecular weight is 369 g/mol. The van der Waals surface area contributed by atoms with Gasteiger partial charge in [-0.1, -0.05) is 56.3 Å². The average Bonchev–Trinajstić information content (AvgIpc) is 2.64. The Bertz CT molecular complexity index is 766. The van der Waals surface area contributed by atoms with Crippen LogP contribution in [0.3, 0.4) is 0 Å². The van der Waals surface area contributed by atoms with Crippen LogP contribution in [-0.4, -0.2) is 24.3 Å². The lowest BCUT2D eigenvalue weighted by Gasteiger charge is -2.13. The van der Waals surface area contributed by atoms with E-state index in [1.807, 2.05) is 13.0 Å². The molecule has 0 aliphatic carbocycles. The van der Waals surface area contributed by atoms with Gasteiger partial charge in [0.1, 0.15) is 19.0 Å². The SMILES string of the molecule is CC=C(NOCCOc1cccc(CC(=O)O)c1)c1ccc(C(C)C)cc1. The van der Waals surface area contributed by atoms with Crippen LogP contribution >= 0.6 is 0 Å². The molecule has 144 valence electrons. The predicted molar refractivity (Wildman–Crippen MR) is 107 cm³/mol. The van der Waals surface area contributed by atoms with Crippen molar-refractivity contribution < 1.29 is 19.5 Å². The van der Waals surface area contributed by atoms with E-state index in [-0.39, 0.29) is 6.42 Å². The second-order valence-electron chi connectivity index (χ2n) is 6.50. The van der Waals surface area contributed by atoms with Crippen molar-refractivity contribution in [1.29, 1.82) is 0 Å².